The van der Waals surface area contributed by atoms with Gasteiger partial charge in [-0.3, -0.25) is 4.79 Å². The number of hydrogen-bond acceptors (Lipinski definition) is 3. The number of amides is 1. The van der Waals surface area contributed by atoms with Gasteiger partial charge < -0.3 is 10.4 Å². The van der Waals surface area contributed by atoms with Crippen molar-refractivity contribution in [3.8, 4) is 0 Å². The molecule has 2 N–H and O–H groups in total. The molecule has 2 atom stereocenters. The number of alkyl halides is 3. The Labute approximate surface area is 148 Å². The lowest BCUT2D eigenvalue weighted by Gasteiger charge is -2.42. The van der Waals surface area contributed by atoms with Crippen LogP contribution in [-0.4, -0.2) is 22.2 Å². The smallest absolute Gasteiger partial charge is 0.372 e. The molecule has 1 aliphatic heterocycles. The van der Waals surface area contributed by atoms with Crippen LogP contribution in [0.4, 0.5) is 13.2 Å². The molecular weight excluding hydrogens is 345 g/mol. The summed E-state index contributed by atoms with van der Waals surface area (Å²) in [4.78, 5) is 16.1. The second-order valence-corrected chi connectivity index (χ2v) is 6.80. The average Bonchev–Trinajstić information content (AvgIpc) is 2.80. The number of aliphatic hydroxyl groups is 1. The van der Waals surface area contributed by atoms with Crippen molar-refractivity contribution < 1.29 is 23.1 Å². The average molecular weight is 362 g/mol. The zero-order valence-electron chi connectivity index (χ0n) is 13.8. The highest BCUT2D eigenvalue weighted by atomic mass is 19.4. The second-order valence-electron chi connectivity index (χ2n) is 6.80. The Bertz CT molecular complexity index is 881. The van der Waals surface area contributed by atoms with E-state index in [4.69, 9.17) is 0 Å². The topological polar surface area (TPSA) is 62.2 Å². The molecule has 1 amide bonds. The third kappa shape index (κ3) is 2.41. The summed E-state index contributed by atoms with van der Waals surface area (Å²) in [7, 11) is 0. The van der Waals surface area contributed by atoms with E-state index < -0.39 is 29.4 Å². The van der Waals surface area contributed by atoms with Gasteiger partial charge in [0.15, 0.2) is 0 Å². The van der Waals surface area contributed by atoms with Crippen molar-refractivity contribution in [1.82, 2.24) is 10.3 Å². The molecule has 7 heteroatoms. The number of aliphatic hydroxyl groups excluding tert-OH is 1. The molecule has 4 nitrogen and oxygen atoms in total. The maximum Gasteiger partial charge on any atom is 0.433 e. The van der Waals surface area contributed by atoms with Crippen LogP contribution in [0.1, 0.15) is 52.1 Å². The highest BCUT2D eigenvalue weighted by Crippen LogP contribution is 2.46. The Morgan fingerprint density at radius 3 is 2.69 bits per heavy atom. The first-order valence-corrected chi connectivity index (χ1v) is 8.50. The number of carbonyl (C=O) groups excluding carboxylic acids is 1. The molecule has 4 rings (SSSR count). The van der Waals surface area contributed by atoms with E-state index >= 15 is 0 Å². The number of halogens is 3. The van der Waals surface area contributed by atoms with Gasteiger partial charge in [-0.05, 0) is 42.5 Å². The fraction of sp³-hybridized carbons (Fsp3) is 0.368. The maximum absolute atomic E-state index is 13.3. The number of pyridine rings is 1. The van der Waals surface area contributed by atoms with Crippen LogP contribution in [0.5, 0.6) is 0 Å². The SMILES string of the molecule is O=C1NC(O)C2(CCCCc3ccccc32)c2nc(C(F)(F)F)ccc21. The molecule has 2 aromatic rings. The van der Waals surface area contributed by atoms with Gasteiger partial charge in [-0.2, -0.15) is 13.2 Å². The predicted octanol–water partition coefficient (Wildman–Crippen LogP) is 3.17. The Balaban J connectivity index is 2.04. The number of carbonyl (C=O) groups is 1. The van der Waals surface area contributed by atoms with Crippen molar-refractivity contribution in [1.29, 1.82) is 0 Å². The zero-order valence-corrected chi connectivity index (χ0v) is 13.8. The molecule has 2 unspecified atom stereocenters. The minimum Gasteiger partial charge on any atom is -0.372 e. The summed E-state index contributed by atoms with van der Waals surface area (Å²) in [5.74, 6) is -0.610. The molecule has 2 aliphatic rings. The Kier molecular flexibility index (Phi) is 3.80. The maximum atomic E-state index is 13.3. The molecule has 136 valence electrons. The van der Waals surface area contributed by atoms with Gasteiger partial charge in [-0.15, -0.1) is 0 Å². The summed E-state index contributed by atoms with van der Waals surface area (Å²) < 4.78 is 39.8. The van der Waals surface area contributed by atoms with E-state index in [-0.39, 0.29) is 11.3 Å². The lowest BCUT2D eigenvalue weighted by molar-refractivity contribution is -0.141. The van der Waals surface area contributed by atoms with E-state index in [9.17, 15) is 23.1 Å². The quantitative estimate of drug-likeness (QED) is 0.757. The third-order valence-electron chi connectivity index (χ3n) is 5.35. The second kappa shape index (κ2) is 5.81. The summed E-state index contributed by atoms with van der Waals surface area (Å²) in [6, 6.07) is 9.36. The van der Waals surface area contributed by atoms with E-state index in [1.807, 2.05) is 18.2 Å². The summed E-state index contributed by atoms with van der Waals surface area (Å²) >= 11 is 0. The Morgan fingerprint density at radius 1 is 1.15 bits per heavy atom. The molecule has 2 heterocycles. The van der Waals surface area contributed by atoms with E-state index in [1.54, 1.807) is 6.07 Å². The van der Waals surface area contributed by atoms with Gasteiger partial charge in [0.1, 0.15) is 11.9 Å². The molecule has 1 aromatic heterocycles. The largest absolute Gasteiger partial charge is 0.433 e. The van der Waals surface area contributed by atoms with Crippen molar-refractivity contribution in [2.24, 2.45) is 0 Å². The van der Waals surface area contributed by atoms with Crippen LogP contribution >= 0.6 is 0 Å². The van der Waals surface area contributed by atoms with E-state index in [1.165, 1.54) is 0 Å². The van der Waals surface area contributed by atoms with Gasteiger partial charge in [-0.25, -0.2) is 4.98 Å². The molecule has 26 heavy (non-hydrogen) atoms. The molecule has 0 fully saturated rings. The van der Waals surface area contributed by atoms with E-state index in [0.29, 0.717) is 12.8 Å². The van der Waals surface area contributed by atoms with Crippen LogP contribution in [0.15, 0.2) is 36.4 Å². The van der Waals surface area contributed by atoms with Crippen LogP contribution in [0.25, 0.3) is 0 Å². The van der Waals surface area contributed by atoms with Crippen molar-refractivity contribution in [2.45, 2.75) is 43.5 Å². The van der Waals surface area contributed by atoms with Gasteiger partial charge in [0.2, 0.25) is 0 Å². The highest BCUT2D eigenvalue weighted by Gasteiger charge is 2.51. The molecule has 0 saturated heterocycles. The third-order valence-corrected chi connectivity index (χ3v) is 5.35. The van der Waals surface area contributed by atoms with Gasteiger partial charge in [0.25, 0.3) is 5.91 Å². The van der Waals surface area contributed by atoms with Crippen LogP contribution in [0.2, 0.25) is 0 Å². The number of aromatic nitrogens is 1. The molecule has 1 aromatic carbocycles. The van der Waals surface area contributed by atoms with Gasteiger partial charge in [-0.1, -0.05) is 30.7 Å². The number of fused-ring (bicyclic) bond motifs is 4. The number of benzene rings is 1. The van der Waals surface area contributed by atoms with E-state index in [0.717, 1.165) is 36.1 Å². The van der Waals surface area contributed by atoms with Gasteiger partial charge >= 0.3 is 6.18 Å². The summed E-state index contributed by atoms with van der Waals surface area (Å²) in [5.41, 5.74) is -0.446. The first kappa shape index (κ1) is 17.0. The lowest BCUT2D eigenvalue weighted by atomic mass is 9.68. The molecular formula is C19H17F3N2O2. The molecule has 1 spiro atoms. The molecule has 0 radical (unpaired) electrons. The highest BCUT2D eigenvalue weighted by molar-refractivity contribution is 5.97. The first-order valence-electron chi connectivity index (χ1n) is 8.50. The molecule has 1 aliphatic carbocycles. The van der Waals surface area contributed by atoms with Crippen molar-refractivity contribution >= 4 is 5.91 Å². The summed E-state index contributed by atoms with van der Waals surface area (Å²) in [6.07, 6.45) is -3.22. The number of aryl methyl sites for hydroxylation is 1. The monoisotopic (exact) mass is 362 g/mol. The van der Waals surface area contributed by atoms with Crippen LogP contribution in [0.3, 0.4) is 0 Å². The number of nitrogens with one attached hydrogen (secondary N) is 1. The van der Waals surface area contributed by atoms with Crippen molar-refractivity contribution in [3.05, 3.63) is 64.5 Å². The standard InChI is InChI=1S/C19H17F3N2O2/c20-19(21,22)14-9-8-12-15(23-14)18(17(26)24-16(12)25)10-4-3-6-11-5-1-2-7-13(11)18/h1-2,5,7-9,17,26H,3-4,6,10H2,(H,24,25). The van der Waals surface area contributed by atoms with Crippen molar-refractivity contribution in [3.63, 3.8) is 0 Å². The van der Waals surface area contributed by atoms with Gasteiger partial charge in [0.05, 0.1) is 16.7 Å². The predicted molar refractivity (Wildman–Crippen MR) is 87.5 cm³/mol. The van der Waals surface area contributed by atoms with Crippen LogP contribution < -0.4 is 5.32 Å². The van der Waals surface area contributed by atoms with Crippen LogP contribution in [0, 0.1) is 0 Å². The first-order chi connectivity index (χ1) is 12.3. The Morgan fingerprint density at radius 2 is 1.92 bits per heavy atom. The van der Waals surface area contributed by atoms with Gasteiger partial charge in [0, 0.05) is 0 Å². The Hall–Kier alpha value is -2.41. The lowest BCUT2D eigenvalue weighted by Crippen LogP contribution is -2.56. The number of nitrogens with zero attached hydrogens (tertiary/aromatic N) is 1. The number of hydrogen-bond donors (Lipinski definition) is 2. The fourth-order valence-corrected chi connectivity index (χ4v) is 4.15. The summed E-state index contributed by atoms with van der Waals surface area (Å²) in [6.45, 7) is 0. The zero-order chi connectivity index (χ0) is 18.5. The normalized spacial score (nSPS) is 25.2. The minimum atomic E-state index is -4.63. The summed E-state index contributed by atoms with van der Waals surface area (Å²) in [5, 5.41) is 13.3. The van der Waals surface area contributed by atoms with Crippen molar-refractivity contribution in [2.75, 3.05) is 0 Å². The molecule has 0 bridgehead atoms. The number of rotatable bonds is 0. The minimum absolute atomic E-state index is 0.0120. The fourth-order valence-electron chi connectivity index (χ4n) is 4.15. The molecule has 0 saturated carbocycles. The van der Waals surface area contributed by atoms with E-state index in [2.05, 4.69) is 10.3 Å². The van der Waals surface area contributed by atoms with Crippen LogP contribution in [-0.2, 0) is 18.0 Å².